The lowest BCUT2D eigenvalue weighted by molar-refractivity contribution is -0.118. The number of carbonyl (C=O) groups excluding carboxylic acids is 2. The van der Waals surface area contributed by atoms with Crippen molar-refractivity contribution in [2.75, 3.05) is 17.3 Å². The molecule has 25 heavy (non-hydrogen) atoms. The molecule has 2 aromatic heterocycles. The van der Waals surface area contributed by atoms with Crippen molar-refractivity contribution >= 4 is 28.8 Å². The highest BCUT2D eigenvalue weighted by Crippen LogP contribution is 2.29. The number of fused-ring (bicyclic) bond motifs is 2. The molecule has 1 aliphatic heterocycles. The van der Waals surface area contributed by atoms with Crippen molar-refractivity contribution in [2.24, 2.45) is 0 Å². The van der Waals surface area contributed by atoms with Gasteiger partial charge in [-0.15, -0.1) is 0 Å². The number of aryl methyl sites for hydroxylation is 2. The highest BCUT2D eigenvalue weighted by Gasteiger charge is 2.22. The van der Waals surface area contributed by atoms with Crippen molar-refractivity contribution in [3.05, 3.63) is 59.5 Å². The Morgan fingerprint density at radius 2 is 2.04 bits per heavy atom. The lowest BCUT2D eigenvalue weighted by Gasteiger charge is -2.26. The van der Waals surface area contributed by atoms with E-state index in [4.69, 9.17) is 0 Å². The minimum Gasteiger partial charge on any atom is -0.321 e. The molecule has 1 N–H and O–H groups in total. The summed E-state index contributed by atoms with van der Waals surface area (Å²) in [5.74, 6) is -0.0815. The quantitative estimate of drug-likeness (QED) is 0.784. The zero-order chi connectivity index (χ0) is 17.6. The molecule has 0 fully saturated rings. The Balaban J connectivity index is 1.65. The Morgan fingerprint density at radius 3 is 2.88 bits per heavy atom. The van der Waals surface area contributed by atoms with Gasteiger partial charge in [-0.25, -0.2) is 4.98 Å². The van der Waals surface area contributed by atoms with Gasteiger partial charge in [-0.3, -0.25) is 14.0 Å². The van der Waals surface area contributed by atoms with Crippen LogP contribution in [0.25, 0.3) is 5.65 Å². The smallest absolute Gasteiger partial charge is 0.274 e. The topological polar surface area (TPSA) is 66.7 Å². The molecule has 4 rings (SSSR count). The fourth-order valence-corrected chi connectivity index (χ4v) is 3.31. The molecule has 0 unspecified atom stereocenters. The summed E-state index contributed by atoms with van der Waals surface area (Å²) in [6.45, 7) is 1.83. The van der Waals surface area contributed by atoms with E-state index in [0.29, 0.717) is 24.2 Å². The molecule has 1 aliphatic rings. The first-order chi connectivity index (χ1) is 12.0. The van der Waals surface area contributed by atoms with E-state index in [9.17, 15) is 9.59 Å². The molecule has 6 heteroatoms. The van der Waals surface area contributed by atoms with Crippen LogP contribution in [0.3, 0.4) is 0 Å². The highest BCUT2D eigenvalue weighted by molar-refractivity contribution is 6.05. The van der Waals surface area contributed by atoms with Gasteiger partial charge < -0.3 is 10.2 Å². The molecule has 2 amide bonds. The van der Waals surface area contributed by atoms with Crippen molar-refractivity contribution in [3.8, 4) is 0 Å². The third kappa shape index (κ3) is 2.55. The minimum absolute atomic E-state index is 0.116. The van der Waals surface area contributed by atoms with Gasteiger partial charge in [-0.2, -0.15) is 0 Å². The van der Waals surface area contributed by atoms with E-state index >= 15 is 0 Å². The molecule has 1 aromatic carbocycles. The number of imidazole rings is 1. The first-order valence-corrected chi connectivity index (χ1v) is 8.19. The standard InChI is InChI=1S/C19H18N4O2/c1-12-18(23-10-4-3-5-16(23)20-12)19(25)21-14-7-8-15-13(11-14)6-9-17(24)22(15)2/h3-5,7-8,10-11H,6,9H2,1-2H3,(H,21,25). The molecule has 3 aromatic rings. The second kappa shape index (κ2) is 5.73. The van der Waals surface area contributed by atoms with Gasteiger partial charge in [0.05, 0.1) is 5.69 Å². The molecule has 126 valence electrons. The van der Waals surface area contributed by atoms with Crippen LogP contribution in [-0.4, -0.2) is 28.2 Å². The summed E-state index contributed by atoms with van der Waals surface area (Å²) in [6, 6.07) is 11.3. The number of hydrogen-bond donors (Lipinski definition) is 1. The summed E-state index contributed by atoms with van der Waals surface area (Å²) in [4.78, 5) is 30.6. The predicted octanol–water partition coefficient (Wildman–Crippen LogP) is 2.80. The summed E-state index contributed by atoms with van der Waals surface area (Å²) in [7, 11) is 1.78. The summed E-state index contributed by atoms with van der Waals surface area (Å²) < 4.78 is 1.79. The number of benzene rings is 1. The van der Waals surface area contributed by atoms with Gasteiger partial charge in [0.1, 0.15) is 11.3 Å². The average molecular weight is 334 g/mol. The Bertz CT molecular complexity index is 1010. The average Bonchev–Trinajstić information content (AvgIpc) is 2.94. The molecule has 0 saturated carbocycles. The number of pyridine rings is 1. The monoisotopic (exact) mass is 334 g/mol. The van der Waals surface area contributed by atoms with Crippen LogP contribution in [-0.2, 0) is 11.2 Å². The summed E-state index contributed by atoms with van der Waals surface area (Å²) in [6.07, 6.45) is 3.02. The Hall–Kier alpha value is -3.15. The first-order valence-electron chi connectivity index (χ1n) is 8.19. The number of anilines is 2. The minimum atomic E-state index is -0.198. The molecule has 0 radical (unpaired) electrons. The van der Waals surface area contributed by atoms with Crippen LogP contribution in [0.5, 0.6) is 0 Å². The van der Waals surface area contributed by atoms with Crippen LogP contribution in [0, 0.1) is 6.92 Å². The maximum atomic E-state index is 12.8. The second-order valence-electron chi connectivity index (χ2n) is 6.23. The van der Waals surface area contributed by atoms with Gasteiger partial charge in [0.25, 0.3) is 5.91 Å². The van der Waals surface area contributed by atoms with Crippen molar-refractivity contribution < 1.29 is 9.59 Å². The third-order valence-electron chi connectivity index (χ3n) is 4.60. The molecular weight excluding hydrogens is 316 g/mol. The molecule has 0 bridgehead atoms. The second-order valence-corrected chi connectivity index (χ2v) is 6.23. The van der Waals surface area contributed by atoms with Crippen molar-refractivity contribution in [1.82, 2.24) is 9.38 Å². The van der Waals surface area contributed by atoms with E-state index in [2.05, 4.69) is 10.3 Å². The van der Waals surface area contributed by atoms with Crippen LogP contribution in [0.4, 0.5) is 11.4 Å². The Kier molecular flexibility index (Phi) is 3.53. The normalized spacial score (nSPS) is 13.8. The fourth-order valence-electron chi connectivity index (χ4n) is 3.31. The molecule has 0 saturated heterocycles. The molecular formula is C19H18N4O2. The van der Waals surface area contributed by atoms with Crippen molar-refractivity contribution in [2.45, 2.75) is 19.8 Å². The SMILES string of the molecule is Cc1nc2ccccn2c1C(=O)Nc1ccc2c(c1)CCC(=O)N2C. The van der Waals surface area contributed by atoms with Crippen LogP contribution in [0.15, 0.2) is 42.6 Å². The van der Waals surface area contributed by atoms with Gasteiger partial charge in [-0.1, -0.05) is 6.07 Å². The van der Waals surface area contributed by atoms with E-state index in [-0.39, 0.29) is 11.8 Å². The number of carbonyl (C=O) groups is 2. The predicted molar refractivity (Wildman–Crippen MR) is 96.1 cm³/mol. The first kappa shape index (κ1) is 15.4. The van der Waals surface area contributed by atoms with Gasteiger partial charge >= 0.3 is 0 Å². The number of nitrogens with zero attached hydrogens (tertiary/aromatic N) is 3. The van der Waals surface area contributed by atoms with Crippen LogP contribution in [0.1, 0.15) is 28.2 Å². The van der Waals surface area contributed by atoms with Crippen molar-refractivity contribution in [1.29, 1.82) is 0 Å². The van der Waals surface area contributed by atoms with Gasteiger partial charge in [0.15, 0.2) is 0 Å². The number of rotatable bonds is 2. The van der Waals surface area contributed by atoms with E-state index in [1.165, 1.54) is 0 Å². The van der Waals surface area contributed by atoms with E-state index in [1.54, 1.807) is 16.3 Å². The van der Waals surface area contributed by atoms with E-state index in [1.807, 2.05) is 49.5 Å². The maximum absolute atomic E-state index is 12.8. The molecule has 0 spiro atoms. The number of aromatic nitrogens is 2. The molecule has 3 heterocycles. The molecule has 6 nitrogen and oxygen atoms in total. The maximum Gasteiger partial charge on any atom is 0.274 e. The Labute approximate surface area is 145 Å². The van der Waals surface area contributed by atoms with Crippen LogP contribution < -0.4 is 10.2 Å². The lowest BCUT2D eigenvalue weighted by atomic mass is 10.0. The van der Waals surface area contributed by atoms with Crippen molar-refractivity contribution in [3.63, 3.8) is 0 Å². The summed E-state index contributed by atoms with van der Waals surface area (Å²) in [5.41, 5.74) is 4.65. The van der Waals surface area contributed by atoms with Gasteiger partial charge in [0, 0.05) is 31.0 Å². The van der Waals surface area contributed by atoms with E-state index in [0.717, 1.165) is 22.6 Å². The third-order valence-corrected chi connectivity index (χ3v) is 4.60. The number of nitrogens with one attached hydrogen (secondary N) is 1. The summed E-state index contributed by atoms with van der Waals surface area (Å²) in [5, 5.41) is 2.95. The fraction of sp³-hybridized carbons (Fsp3) is 0.211. The number of amides is 2. The zero-order valence-electron chi connectivity index (χ0n) is 14.1. The van der Waals surface area contributed by atoms with E-state index < -0.39 is 0 Å². The summed E-state index contributed by atoms with van der Waals surface area (Å²) >= 11 is 0. The molecule has 0 atom stereocenters. The van der Waals surface area contributed by atoms with Gasteiger partial charge in [-0.05, 0) is 49.2 Å². The molecule has 0 aliphatic carbocycles. The Morgan fingerprint density at radius 1 is 1.20 bits per heavy atom. The zero-order valence-corrected chi connectivity index (χ0v) is 14.1. The van der Waals surface area contributed by atoms with Gasteiger partial charge in [0.2, 0.25) is 5.91 Å². The highest BCUT2D eigenvalue weighted by atomic mass is 16.2. The van der Waals surface area contributed by atoms with Crippen LogP contribution >= 0.6 is 0 Å². The lowest BCUT2D eigenvalue weighted by Crippen LogP contribution is -2.31. The van der Waals surface area contributed by atoms with Crippen LogP contribution in [0.2, 0.25) is 0 Å². The largest absolute Gasteiger partial charge is 0.321 e. The number of hydrogen-bond acceptors (Lipinski definition) is 3.